The van der Waals surface area contributed by atoms with Crippen LogP contribution in [0.1, 0.15) is 12.5 Å². The Balaban J connectivity index is 2.59. The van der Waals surface area contributed by atoms with Crippen molar-refractivity contribution in [3.63, 3.8) is 0 Å². The maximum Gasteiger partial charge on any atom is 0.126 e. The van der Waals surface area contributed by atoms with Crippen LogP contribution in [0, 0.1) is 5.82 Å². The summed E-state index contributed by atoms with van der Waals surface area (Å²) in [5, 5.41) is 13.1. The molecule has 0 saturated heterocycles. The van der Waals surface area contributed by atoms with Crippen molar-refractivity contribution in [1.29, 1.82) is 0 Å². The zero-order chi connectivity index (χ0) is 11.3. The van der Waals surface area contributed by atoms with E-state index >= 15 is 0 Å². The van der Waals surface area contributed by atoms with Gasteiger partial charge in [0.1, 0.15) is 5.82 Å². The Bertz CT molecular complexity index is 319. The summed E-state index contributed by atoms with van der Waals surface area (Å²) in [6.45, 7) is 3.20. The summed E-state index contributed by atoms with van der Waals surface area (Å²) in [5.41, 5.74) is 0.452. The maximum absolute atomic E-state index is 13.3. The standard InChI is InChI=1S/C11H15ClFNO/c1-2-14-7-10(15)6-8-5-9(12)3-4-11(8)13/h3-5,10,14-15H,2,6-7H2,1H3. The summed E-state index contributed by atoms with van der Waals surface area (Å²) in [4.78, 5) is 0. The van der Waals surface area contributed by atoms with E-state index in [4.69, 9.17) is 11.6 Å². The van der Waals surface area contributed by atoms with Gasteiger partial charge in [-0.25, -0.2) is 4.39 Å². The van der Waals surface area contributed by atoms with Gasteiger partial charge in [0.05, 0.1) is 6.10 Å². The van der Waals surface area contributed by atoms with Crippen LogP contribution in [0.3, 0.4) is 0 Å². The fraction of sp³-hybridized carbons (Fsp3) is 0.455. The summed E-state index contributed by atoms with van der Waals surface area (Å²) < 4.78 is 13.3. The topological polar surface area (TPSA) is 32.3 Å². The fourth-order valence-electron chi connectivity index (χ4n) is 1.34. The molecule has 0 aliphatic carbocycles. The van der Waals surface area contributed by atoms with E-state index < -0.39 is 6.10 Å². The van der Waals surface area contributed by atoms with Crippen molar-refractivity contribution >= 4 is 11.6 Å². The first kappa shape index (κ1) is 12.4. The minimum Gasteiger partial charge on any atom is -0.391 e. The predicted molar refractivity (Wildman–Crippen MR) is 59.7 cm³/mol. The van der Waals surface area contributed by atoms with Gasteiger partial charge in [-0.05, 0) is 30.3 Å². The molecule has 4 heteroatoms. The van der Waals surface area contributed by atoms with Gasteiger partial charge in [0.2, 0.25) is 0 Å². The quantitative estimate of drug-likeness (QED) is 0.813. The second-order valence-corrected chi connectivity index (χ2v) is 3.84. The Labute approximate surface area is 94.1 Å². The lowest BCUT2D eigenvalue weighted by molar-refractivity contribution is 0.171. The predicted octanol–water partition coefficient (Wildman–Crippen LogP) is 1.99. The number of aliphatic hydroxyl groups excluding tert-OH is 1. The van der Waals surface area contributed by atoms with E-state index in [0.29, 0.717) is 17.1 Å². The molecular formula is C11H15ClFNO. The highest BCUT2D eigenvalue weighted by Crippen LogP contribution is 2.16. The molecule has 0 aliphatic heterocycles. The molecule has 0 spiro atoms. The smallest absolute Gasteiger partial charge is 0.126 e. The van der Waals surface area contributed by atoms with Crippen LogP contribution in [-0.2, 0) is 6.42 Å². The largest absolute Gasteiger partial charge is 0.391 e. The Kier molecular flexibility index (Phi) is 5.02. The third kappa shape index (κ3) is 4.16. The molecule has 1 atom stereocenters. The number of benzene rings is 1. The first-order valence-electron chi connectivity index (χ1n) is 4.96. The molecule has 2 N–H and O–H groups in total. The molecule has 0 aromatic heterocycles. The molecule has 84 valence electrons. The summed E-state index contributed by atoms with van der Waals surface area (Å²) in [5.74, 6) is -0.324. The summed E-state index contributed by atoms with van der Waals surface area (Å²) in [7, 11) is 0. The van der Waals surface area contributed by atoms with Crippen LogP contribution in [0.5, 0.6) is 0 Å². The van der Waals surface area contributed by atoms with Gasteiger partial charge in [-0.2, -0.15) is 0 Å². The van der Waals surface area contributed by atoms with Crippen LogP contribution in [-0.4, -0.2) is 24.3 Å². The van der Waals surface area contributed by atoms with Crippen molar-refractivity contribution in [2.75, 3.05) is 13.1 Å². The molecule has 0 fully saturated rings. The molecule has 2 nitrogen and oxygen atoms in total. The SMILES string of the molecule is CCNCC(O)Cc1cc(Cl)ccc1F. The molecule has 0 heterocycles. The Morgan fingerprint density at radius 3 is 2.93 bits per heavy atom. The van der Waals surface area contributed by atoms with Gasteiger partial charge in [0.25, 0.3) is 0 Å². The van der Waals surface area contributed by atoms with E-state index in [1.165, 1.54) is 12.1 Å². The van der Waals surface area contributed by atoms with Crippen LogP contribution in [0.15, 0.2) is 18.2 Å². The Hall–Kier alpha value is -0.640. The van der Waals surface area contributed by atoms with Crippen LogP contribution < -0.4 is 5.32 Å². The Morgan fingerprint density at radius 1 is 1.53 bits per heavy atom. The van der Waals surface area contributed by atoms with Crippen molar-refractivity contribution in [3.8, 4) is 0 Å². The lowest BCUT2D eigenvalue weighted by Crippen LogP contribution is -2.28. The number of aliphatic hydroxyl groups is 1. The summed E-state index contributed by atoms with van der Waals surface area (Å²) in [6, 6.07) is 4.36. The number of halogens is 2. The number of nitrogens with one attached hydrogen (secondary N) is 1. The summed E-state index contributed by atoms with van der Waals surface area (Å²) in [6.07, 6.45) is -0.308. The minimum absolute atomic E-state index is 0.277. The number of rotatable bonds is 5. The molecule has 1 rings (SSSR count). The van der Waals surface area contributed by atoms with Crippen molar-refractivity contribution in [2.24, 2.45) is 0 Å². The van der Waals surface area contributed by atoms with E-state index in [0.717, 1.165) is 6.54 Å². The highest BCUT2D eigenvalue weighted by atomic mass is 35.5. The molecule has 1 unspecified atom stereocenters. The fourth-order valence-corrected chi connectivity index (χ4v) is 1.53. The van der Waals surface area contributed by atoms with E-state index in [1.807, 2.05) is 6.92 Å². The van der Waals surface area contributed by atoms with Crippen molar-refractivity contribution < 1.29 is 9.50 Å². The maximum atomic E-state index is 13.3. The molecule has 0 aliphatic rings. The monoisotopic (exact) mass is 231 g/mol. The van der Waals surface area contributed by atoms with E-state index in [1.54, 1.807) is 6.07 Å². The van der Waals surface area contributed by atoms with Crippen molar-refractivity contribution in [1.82, 2.24) is 5.32 Å². The first-order valence-corrected chi connectivity index (χ1v) is 5.34. The zero-order valence-corrected chi connectivity index (χ0v) is 9.39. The van der Waals surface area contributed by atoms with Crippen molar-refractivity contribution in [2.45, 2.75) is 19.4 Å². The van der Waals surface area contributed by atoms with E-state index in [-0.39, 0.29) is 12.2 Å². The number of hydrogen-bond acceptors (Lipinski definition) is 2. The second kappa shape index (κ2) is 6.05. The van der Waals surface area contributed by atoms with Gasteiger partial charge in [0.15, 0.2) is 0 Å². The molecule has 15 heavy (non-hydrogen) atoms. The van der Waals surface area contributed by atoms with E-state index in [2.05, 4.69) is 5.32 Å². The van der Waals surface area contributed by atoms with Crippen LogP contribution in [0.2, 0.25) is 5.02 Å². The molecule has 1 aromatic carbocycles. The van der Waals surface area contributed by atoms with Crippen molar-refractivity contribution in [3.05, 3.63) is 34.6 Å². The zero-order valence-electron chi connectivity index (χ0n) is 8.63. The number of hydrogen-bond donors (Lipinski definition) is 2. The van der Waals surface area contributed by atoms with Gasteiger partial charge in [-0.15, -0.1) is 0 Å². The van der Waals surface area contributed by atoms with Gasteiger partial charge in [0, 0.05) is 18.0 Å². The normalized spacial score (nSPS) is 12.8. The highest BCUT2D eigenvalue weighted by Gasteiger charge is 2.09. The lowest BCUT2D eigenvalue weighted by Gasteiger charge is -2.11. The molecule has 0 bridgehead atoms. The molecular weight excluding hydrogens is 217 g/mol. The average molecular weight is 232 g/mol. The third-order valence-corrected chi connectivity index (χ3v) is 2.33. The molecule has 0 radical (unpaired) electrons. The minimum atomic E-state index is -0.585. The summed E-state index contributed by atoms with van der Waals surface area (Å²) >= 11 is 5.74. The lowest BCUT2D eigenvalue weighted by atomic mass is 10.1. The second-order valence-electron chi connectivity index (χ2n) is 3.40. The van der Waals surface area contributed by atoms with Crippen LogP contribution in [0.4, 0.5) is 4.39 Å². The Morgan fingerprint density at radius 2 is 2.27 bits per heavy atom. The number of likely N-dealkylation sites (N-methyl/N-ethyl adjacent to an activating group) is 1. The van der Waals surface area contributed by atoms with Gasteiger partial charge >= 0.3 is 0 Å². The van der Waals surface area contributed by atoms with Crippen LogP contribution in [0.25, 0.3) is 0 Å². The molecule has 1 aromatic rings. The average Bonchev–Trinajstić information content (AvgIpc) is 2.20. The van der Waals surface area contributed by atoms with Crippen LogP contribution >= 0.6 is 11.6 Å². The molecule has 0 saturated carbocycles. The van der Waals surface area contributed by atoms with Gasteiger partial charge in [-0.3, -0.25) is 0 Å². The molecule has 0 amide bonds. The first-order chi connectivity index (χ1) is 7.13. The van der Waals surface area contributed by atoms with E-state index in [9.17, 15) is 9.50 Å². The van der Waals surface area contributed by atoms with Gasteiger partial charge < -0.3 is 10.4 Å². The van der Waals surface area contributed by atoms with Gasteiger partial charge in [-0.1, -0.05) is 18.5 Å². The highest BCUT2D eigenvalue weighted by molar-refractivity contribution is 6.30. The third-order valence-electron chi connectivity index (χ3n) is 2.09.